The molecular weight excluding hydrogens is 797 g/mol. The smallest absolute Gasteiger partial charge is 0.0897 e. The maximum Gasteiger partial charge on any atom is 0.0897 e. The molecule has 66 heavy (non-hydrogen) atoms. The van der Waals surface area contributed by atoms with E-state index in [2.05, 4.69) is 177 Å². The molecule has 334 valence electrons. The molecule has 2 heteroatoms. The van der Waals surface area contributed by atoms with E-state index in [-0.39, 0.29) is 43.3 Å². The molecule has 0 saturated heterocycles. The lowest BCUT2D eigenvalue weighted by Crippen LogP contribution is -2.54. The van der Waals surface area contributed by atoms with Crippen LogP contribution in [-0.2, 0) is 32.5 Å². The summed E-state index contributed by atoms with van der Waals surface area (Å²) in [4.78, 5) is 11.8. The molecule has 6 aliphatic rings. The molecule has 7 aromatic rings. The maximum atomic E-state index is 5.90. The predicted octanol–water partition coefficient (Wildman–Crippen LogP) is 16.0. The van der Waals surface area contributed by atoms with Crippen LogP contribution in [0, 0.1) is 10.8 Å². The normalized spacial score (nSPS) is 32.8. The molecule has 13 rings (SSSR count). The first-order valence-electron chi connectivity index (χ1n) is 26.4. The Morgan fingerprint density at radius 1 is 0.273 bits per heavy atom. The summed E-state index contributed by atoms with van der Waals surface area (Å²) >= 11 is 0. The van der Waals surface area contributed by atoms with Crippen LogP contribution >= 0.6 is 0 Å². The van der Waals surface area contributed by atoms with Crippen molar-refractivity contribution < 1.29 is 0 Å². The Bertz CT molecular complexity index is 2800. The lowest BCUT2D eigenvalue weighted by atomic mass is 9.48. The van der Waals surface area contributed by atoms with Crippen molar-refractivity contribution in [1.29, 1.82) is 0 Å². The molecule has 0 radical (unpaired) electrons. The molecule has 6 aromatic carbocycles. The third kappa shape index (κ3) is 3.77. The average molecular weight is 865 g/mol. The van der Waals surface area contributed by atoms with Gasteiger partial charge in [0.15, 0.2) is 0 Å². The van der Waals surface area contributed by atoms with E-state index in [0.717, 1.165) is 99.1 Å². The van der Waals surface area contributed by atoms with Gasteiger partial charge in [0.1, 0.15) is 0 Å². The number of benzene rings is 6. The number of hydrogen-bond acceptors (Lipinski definition) is 2. The van der Waals surface area contributed by atoms with Crippen LogP contribution in [0.5, 0.6) is 0 Å². The van der Waals surface area contributed by atoms with Gasteiger partial charge in [-0.25, -0.2) is 9.97 Å². The third-order valence-corrected chi connectivity index (χ3v) is 20.8. The number of aromatic nitrogens is 2. The van der Waals surface area contributed by atoms with Crippen LogP contribution < -0.4 is 0 Å². The number of nitrogens with zero attached hydrogens (tertiary/aromatic N) is 2. The number of fused-ring (bicyclic) bond motifs is 20. The second kappa shape index (κ2) is 13.3. The molecule has 8 atom stereocenters. The molecule has 0 N–H and O–H groups in total. The van der Waals surface area contributed by atoms with E-state index in [0.29, 0.717) is 0 Å². The lowest BCUT2D eigenvalue weighted by molar-refractivity contribution is 0.0540. The van der Waals surface area contributed by atoms with E-state index >= 15 is 0 Å². The highest BCUT2D eigenvalue weighted by atomic mass is 14.9. The van der Waals surface area contributed by atoms with Crippen LogP contribution in [0.2, 0.25) is 0 Å². The van der Waals surface area contributed by atoms with Gasteiger partial charge < -0.3 is 0 Å². The van der Waals surface area contributed by atoms with E-state index in [4.69, 9.17) is 9.97 Å². The van der Waals surface area contributed by atoms with Crippen molar-refractivity contribution >= 4 is 22.1 Å². The van der Waals surface area contributed by atoms with Crippen molar-refractivity contribution in [3.8, 4) is 0 Å². The molecule has 0 bridgehead atoms. The lowest BCUT2D eigenvalue weighted by Gasteiger charge is -2.53. The Morgan fingerprint density at radius 2 is 0.439 bits per heavy atom. The summed E-state index contributed by atoms with van der Waals surface area (Å²) in [5.41, 5.74) is 21.9. The van der Waals surface area contributed by atoms with Crippen LogP contribution in [-0.4, -0.2) is 9.97 Å². The highest BCUT2D eigenvalue weighted by molar-refractivity contribution is 5.92. The molecular formula is C64H68N2. The van der Waals surface area contributed by atoms with Gasteiger partial charge >= 0.3 is 0 Å². The fourth-order valence-corrected chi connectivity index (χ4v) is 19.7. The molecule has 1 heterocycles. The number of rotatable bonds is 12. The average Bonchev–Trinajstić information content (AvgIpc) is 3.94. The molecule has 4 unspecified atom stereocenters. The molecule has 0 spiro atoms. The van der Waals surface area contributed by atoms with Crippen LogP contribution in [0.3, 0.4) is 0 Å². The number of hydrogen-bond donors (Lipinski definition) is 0. The zero-order valence-electron chi connectivity index (χ0n) is 40.9. The second-order valence-corrected chi connectivity index (χ2v) is 22.4. The van der Waals surface area contributed by atoms with Gasteiger partial charge in [-0.05, 0) is 130 Å². The molecule has 0 fully saturated rings. The summed E-state index contributed by atoms with van der Waals surface area (Å²) in [6.45, 7) is 20.1. The first kappa shape index (κ1) is 41.1. The van der Waals surface area contributed by atoms with Crippen molar-refractivity contribution in [2.45, 2.75) is 165 Å². The first-order chi connectivity index (χ1) is 32.2. The Morgan fingerprint density at radius 3 is 0.606 bits per heavy atom. The van der Waals surface area contributed by atoms with Gasteiger partial charge in [0.25, 0.3) is 0 Å². The van der Waals surface area contributed by atoms with Gasteiger partial charge in [-0.1, -0.05) is 191 Å². The van der Waals surface area contributed by atoms with Crippen molar-refractivity contribution in [3.63, 3.8) is 0 Å². The van der Waals surface area contributed by atoms with E-state index in [1.807, 2.05) is 0 Å². The van der Waals surface area contributed by atoms with Crippen LogP contribution in [0.1, 0.15) is 199 Å². The largest absolute Gasteiger partial charge is 0.244 e. The van der Waals surface area contributed by atoms with E-state index in [1.165, 1.54) is 22.3 Å². The molecule has 0 aliphatic heterocycles. The monoisotopic (exact) mass is 865 g/mol. The van der Waals surface area contributed by atoms with Crippen molar-refractivity contribution in [3.05, 3.63) is 188 Å². The minimum Gasteiger partial charge on any atom is -0.244 e. The fourth-order valence-electron chi connectivity index (χ4n) is 19.7. The molecule has 1 aromatic heterocycles. The molecule has 0 amide bonds. The summed E-state index contributed by atoms with van der Waals surface area (Å²) < 4.78 is 0. The van der Waals surface area contributed by atoms with Crippen LogP contribution in [0.15, 0.2) is 121 Å². The van der Waals surface area contributed by atoms with E-state index < -0.39 is 0 Å². The molecule has 0 saturated carbocycles. The van der Waals surface area contributed by atoms with Gasteiger partial charge in [-0.15, -0.1) is 0 Å². The van der Waals surface area contributed by atoms with Crippen LogP contribution in [0.4, 0.5) is 0 Å². The van der Waals surface area contributed by atoms with Gasteiger partial charge in [-0.2, -0.15) is 0 Å². The van der Waals surface area contributed by atoms with Gasteiger partial charge in [0.05, 0.1) is 22.1 Å². The van der Waals surface area contributed by atoms with E-state index in [1.54, 1.807) is 44.5 Å². The van der Waals surface area contributed by atoms with Crippen molar-refractivity contribution in [2.75, 3.05) is 0 Å². The quantitative estimate of drug-likeness (QED) is 0.114. The minimum absolute atomic E-state index is 0.0904. The standard InChI is InChI=1S/C64H68N2/c1-9-31-59-41-23-15-19-27-45(41)61(33-11-3)49-37-53-54(38-50(49)62(34-12-4,57(59,61)7)46-28-20-16-24-42(46)59)66-56-40-52-51(39-55(56)65-53)63(35-13-5)47-29-21-17-25-43(47)60(32-10-2)44-26-18-22-30-48(44)64(52,36-14-6)58(60,63)8/h15-30,37-40H,9-14,31-36H2,1-8H3/t57?,58?,59?,60?,61-,62+,63-,64+. The Kier molecular flexibility index (Phi) is 8.31. The zero-order valence-corrected chi connectivity index (χ0v) is 40.9. The van der Waals surface area contributed by atoms with E-state index in [9.17, 15) is 0 Å². The fraction of sp³-hybridized carbons (Fsp3) is 0.438. The summed E-state index contributed by atoms with van der Waals surface area (Å²) in [6.07, 6.45) is 13.6. The Hall–Kier alpha value is -5.08. The van der Waals surface area contributed by atoms with Gasteiger partial charge in [-0.3, -0.25) is 0 Å². The molecule has 2 nitrogen and oxygen atoms in total. The summed E-state index contributed by atoms with van der Waals surface area (Å²) in [7, 11) is 0. The van der Waals surface area contributed by atoms with Crippen molar-refractivity contribution in [2.24, 2.45) is 10.8 Å². The Labute approximate surface area is 394 Å². The third-order valence-electron chi connectivity index (χ3n) is 20.8. The van der Waals surface area contributed by atoms with Crippen LogP contribution in [0.25, 0.3) is 22.1 Å². The SMILES string of the molecule is CCCC12c3ccccc3[C@@]3(CCC)c4cc5nc6cc7c(cc6nc5cc4[C@@](CCC)(c4ccccc41)C23C)[C@@]1(CCC)c2ccccc2C2(CCC)c3ccccc3[C@]7(CCC)C21C. The maximum absolute atomic E-state index is 5.90. The minimum atomic E-state index is -0.160. The second-order valence-electron chi connectivity index (χ2n) is 22.4. The first-order valence-corrected chi connectivity index (χ1v) is 26.4. The van der Waals surface area contributed by atoms with Gasteiger partial charge in [0, 0.05) is 43.3 Å². The summed E-state index contributed by atoms with van der Waals surface area (Å²) in [6, 6.07) is 49.3. The van der Waals surface area contributed by atoms with Gasteiger partial charge in [0.2, 0.25) is 0 Å². The molecule has 6 aliphatic carbocycles. The predicted molar refractivity (Wildman–Crippen MR) is 273 cm³/mol. The Balaban J connectivity index is 1.15. The summed E-state index contributed by atoms with van der Waals surface area (Å²) in [5.74, 6) is 0. The summed E-state index contributed by atoms with van der Waals surface area (Å²) in [5, 5.41) is 0. The highest BCUT2D eigenvalue weighted by Crippen LogP contribution is 2.87. The van der Waals surface area contributed by atoms with Crippen molar-refractivity contribution in [1.82, 2.24) is 9.97 Å². The highest BCUT2D eigenvalue weighted by Gasteiger charge is 2.84. The zero-order chi connectivity index (χ0) is 45.3. The topological polar surface area (TPSA) is 25.8 Å².